The van der Waals surface area contributed by atoms with Crippen molar-refractivity contribution in [3.8, 4) is 0 Å². The minimum atomic E-state index is -0.144. The van der Waals surface area contributed by atoms with E-state index < -0.39 is 0 Å². The van der Waals surface area contributed by atoms with Crippen molar-refractivity contribution in [3.05, 3.63) is 59.7 Å². The van der Waals surface area contributed by atoms with E-state index in [0.717, 1.165) is 24.2 Å². The van der Waals surface area contributed by atoms with Crippen LogP contribution in [0.2, 0.25) is 0 Å². The standard InChI is InChI=1S/C20H20N2O2S2/c23-18(13-4-5-13)21-16-8-6-14(7-9-16)19(24)22-17-3-1-2-15(12-17)20-25-10-11-26-20/h1-3,6-9,12-13,20H,4-5,10-11H2,(H,21,23)(H,22,24). The van der Waals surface area contributed by atoms with Crippen LogP contribution in [-0.4, -0.2) is 23.3 Å². The predicted molar refractivity (Wildman–Crippen MR) is 110 cm³/mol. The number of anilines is 2. The summed E-state index contributed by atoms with van der Waals surface area (Å²) in [4.78, 5) is 24.3. The van der Waals surface area contributed by atoms with E-state index in [-0.39, 0.29) is 17.7 Å². The minimum absolute atomic E-state index is 0.0710. The SMILES string of the molecule is O=C(Nc1cccc(C2SCCS2)c1)c1ccc(NC(=O)C2CC2)cc1. The topological polar surface area (TPSA) is 58.2 Å². The van der Waals surface area contributed by atoms with Crippen molar-refractivity contribution < 1.29 is 9.59 Å². The Labute approximate surface area is 161 Å². The van der Waals surface area contributed by atoms with Crippen molar-refractivity contribution in [3.63, 3.8) is 0 Å². The molecule has 2 amide bonds. The normalized spacial score (nSPS) is 17.1. The van der Waals surface area contributed by atoms with Gasteiger partial charge in [0.1, 0.15) is 0 Å². The summed E-state index contributed by atoms with van der Waals surface area (Å²) in [5.74, 6) is 2.45. The quantitative estimate of drug-likeness (QED) is 0.780. The third kappa shape index (κ3) is 4.24. The highest BCUT2D eigenvalue weighted by molar-refractivity contribution is 8.19. The van der Waals surface area contributed by atoms with Crippen LogP contribution in [0.25, 0.3) is 0 Å². The van der Waals surface area contributed by atoms with Gasteiger partial charge in [0.25, 0.3) is 5.91 Å². The second-order valence-corrected chi connectivity index (χ2v) is 9.22. The van der Waals surface area contributed by atoms with Crippen molar-refractivity contribution >= 4 is 46.7 Å². The van der Waals surface area contributed by atoms with Crippen LogP contribution >= 0.6 is 23.5 Å². The highest BCUT2D eigenvalue weighted by atomic mass is 32.2. The molecule has 1 heterocycles. The largest absolute Gasteiger partial charge is 0.326 e. The van der Waals surface area contributed by atoms with E-state index in [4.69, 9.17) is 0 Å². The predicted octanol–water partition coefficient (Wildman–Crippen LogP) is 4.77. The van der Waals surface area contributed by atoms with Gasteiger partial charge in [-0.2, -0.15) is 0 Å². The minimum Gasteiger partial charge on any atom is -0.326 e. The fourth-order valence-corrected chi connectivity index (χ4v) is 5.65. The first kappa shape index (κ1) is 17.5. The summed E-state index contributed by atoms with van der Waals surface area (Å²) in [6.07, 6.45) is 1.95. The number of hydrogen-bond donors (Lipinski definition) is 2. The van der Waals surface area contributed by atoms with Crippen LogP contribution in [0.5, 0.6) is 0 Å². The van der Waals surface area contributed by atoms with E-state index in [1.165, 1.54) is 17.1 Å². The second kappa shape index (κ2) is 7.76. The molecule has 2 aromatic rings. The van der Waals surface area contributed by atoms with Crippen molar-refractivity contribution in [2.24, 2.45) is 5.92 Å². The smallest absolute Gasteiger partial charge is 0.255 e. The summed E-state index contributed by atoms with van der Waals surface area (Å²) in [5, 5.41) is 5.85. The Morgan fingerprint density at radius 2 is 1.62 bits per heavy atom. The van der Waals surface area contributed by atoms with Gasteiger partial charge >= 0.3 is 0 Å². The van der Waals surface area contributed by atoms with E-state index in [2.05, 4.69) is 22.8 Å². The average Bonchev–Trinajstić information content (AvgIpc) is 3.37. The van der Waals surface area contributed by atoms with Crippen molar-refractivity contribution in [1.29, 1.82) is 0 Å². The number of amides is 2. The van der Waals surface area contributed by atoms with E-state index in [9.17, 15) is 9.59 Å². The van der Waals surface area contributed by atoms with Gasteiger partial charge in [-0.25, -0.2) is 0 Å². The Balaban J connectivity index is 1.39. The molecule has 4 rings (SSSR count). The number of carbonyl (C=O) groups excluding carboxylic acids is 2. The van der Waals surface area contributed by atoms with Gasteiger partial charge in [0.05, 0.1) is 4.58 Å². The summed E-state index contributed by atoms with van der Waals surface area (Å²) >= 11 is 3.90. The van der Waals surface area contributed by atoms with E-state index in [1.807, 2.05) is 35.7 Å². The van der Waals surface area contributed by atoms with Gasteiger partial charge in [0.15, 0.2) is 0 Å². The lowest BCUT2D eigenvalue weighted by Crippen LogP contribution is -2.14. The zero-order valence-corrected chi connectivity index (χ0v) is 15.9. The van der Waals surface area contributed by atoms with Crippen LogP contribution in [0, 0.1) is 5.92 Å². The molecular formula is C20H20N2O2S2. The van der Waals surface area contributed by atoms with Crippen molar-refractivity contribution in [2.45, 2.75) is 17.4 Å². The number of benzene rings is 2. The molecule has 2 N–H and O–H groups in total. The number of carbonyl (C=O) groups is 2. The van der Waals surface area contributed by atoms with Crippen LogP contribution in [0.3, 0.4) is 0 Å². The highest BCUT2D eigenvalue weighted by Crippen LogP contribution is 2.45. The molecule has 6 heteroatoms. The van der Waals surface area contributed by atoms with Gasteiger partial charge in [-0.1, -0.05) is 12.1 Å². The van der Waals surface area contributed by atoms with Gasteiger partial charge in [0.2, 0.25) is 5.91 Å². The van der Waals surface area contributed by atoms with Gasteiger partial charge < -0.3 is 10.6 Å². The molecule has 2 fully saturated rings. The first-order chi connectivity index (χ1) is 12.7. The molecule has 1 aliphatic heterocycles. The lowest BCUT2D eigenvalue weighted by atomic mass is 10.1. The zero-order valence-electron chi connectivity index (χ0n) is 14.2. The summed E-state index contributed by atoms with van der Waals surface area (Å²) in [6, 6.07) is 15.1. The average molecular weight is 385 g/mol. The molecule has 4 nitrogen and oxygen atoms in total. The van der Waals surface area contributed by atoms with Crippen LogP contribution in [0.1, 0.15) is 33.3 Å². The molecule has 1 saturated carbocycles. The Kier molecular flexibility index (Phi) is 5.22. The second-order valence-electron chi connectivity index (χ2n) is 6.49. The van der Waals surface area contributed by atoms with Crippen LogP contribution in [-0.2, 0) is 4.79 Å². The number of thioether (sulfide) groups is 2. The molecule has 134 valence electrons. The molecule has 2 aliphatic rings. The highest BCUT2D eigenvalue weighted by Gasteiger charge is 2.29. The summed E-state index contributed by atoms with van der Waals surface area (Å²) < 4.78 is 0.459. The molecule has 0 unspecified atom stereocenters. The maximum Gasteiger partial charge on any atom is 0.255 e. The first-order valence-electron chi connectivity index (χ1n) is 8.74. The Morgan fingerprint density at radius 1 is 0.885 bits per heavy atom. The maximum atomic E-state index is 12.5. The van der Waals surface area contributed by atoms with Gasteiger partial charge in [-0.3, -0.25) is 9.59 Å². The van der Waals surface area contributed by atoms with Crippen molar-refractivity contribution in [1.82, 2.24) is 0 Å². The van der Waals surface area contributed by atoms with E-state index in [0.29, 0.717) is 10.1 Å². The van der Waals surface area contributed by atoms with Gasteiger partial charge in [0, 0.05) is 34.4 Å². The Morgan fingerprint density at radius 3 is 2.31 bits per heavy atom. The Bertz CT molecular complexity index is 813. The molecule has 1 aliphatic carbocycles. The third-order valence-electron chi connectivity index (χ3n) is 4.40. The van der Waals surface area contributed by atoms with Gasteiger partial charge in [-0.05, 0) is 54.8 Å². The lowest BCUT2D eigenvalue weighted by molar-refractivity contribution is -0.117. The fourth-order valence-electron chi connectivity index (χ4n) is 2.81. The van der Waals surface area contributed by atoms with Crippen LogP contribution < -0.4 is 10.6 Å². The third-order valence-corrected chi connectivity index (χ3v) is 7.51. The van der Waals surface area contributed by atoms with E-state index in [1.54, 1.807) is 24.3 Å². The van der Waals surface area contributed by atoms with E-state index >= 15 is 0 Å². The summed E-state index contributed by atoms with van der Waals surface area (Å²) in [5.41, 5.74) is 3.36. The van der Waals surface area contributed by atoms with Crippen LogP contribution in [0.4, 0.5) is 11.4 Å². The number of hydrogen-bond acceptors (Lipinski definition) is 4. The molecule has 0 bridgehead atoms. The molecule has 1 saturated heterocycles. The summed E-state index contributed by atoms with van der Waals surface area (Å²) in [6.45, 7) is 0. The zero-order chi connectivity index (χ0) is 17.9. The molecular weight excluding hydrogens is 364 g/mol. The molecule has 2 aromatic carbocycles. The molecule has 26 heavy (non-hydrogen) atoms. The molecule has 0 radical (unpaired) electrons. The Hall–Kier alpha value is -1.92. The molecule has 0 aromatic heterocycles. The lowest BCUT2D eigenvalue weighted by Gasteiger charge is -2.11. The molecule has 0 atom stereocenters. The van der Waals surface area contributed by atoms with Crippen molar-refractivity contribution in [2.75, 3.05) is 22.1 Å². The number of nitrogens with one attached hydrogen (secondary N) is 2. The van der Waals surface area contributed by atoms with Crippen LogP contribution in [0.15, 0.2) is 48.5 Å². The number of rotatable bonds is 5. The monoisotopic (exact) mass is 384 g/mol. The van der Waals surface area contributed by atoms with Gasteiger partial charge in [-0.15, -0.1) is 23.5 Å². The fraction of sp³-hybridized carbons (Fsp3) is 0.300. The maximum absolute atomic E-state index is 12.5. The summed E-state index contributed by atoms with van der Waals surface area (Å²) in [7, 11) is 0. The molecule has 0 spiro atoms. The first-order valence-corrected chi connectivity index (χ1v) is 10.8.